The van der Waals surface area contributed by atoms with Crippen molar-refractivity contribution < 1.29 is 0 Å². The normalized spacial score (nSPS) is 10.6. The third-order valence-electron chi connectivity index (χ3n) is 1.92. The zero-order valence-corrected chi connectivity index (χ0v) is 9.15. The molecule has 5 nitrogen and oxygen atoms in total. The minimum absolute atomic E-state index is 0.418. The molecule has 0 aromatic carbocycles. The van der Waals surface area contributed by atoms with Crippen molar-refractivity contribution in [2.24, 2.45) is 0 Å². The lowest BCUT2D eigenvalue weighted by Crippen LogP contribution is -2.03. The molecular formula is C9H10ClN5. The van der Waals surface area contributed by atoms with Gasteiger partial charge in [0, 0.05) is 6.07 Å². The Balaban J connectivity index is 2.53. The standard InChI is InChI=1S/C9H10ClN5/c1-5-7(10)4-15(14-5)9-3-8(11)12-6(2)13-9/h3-4H,1-2H3,(H2,11,12,13). The van der Waals surface area contributed by atoms with Crippen LogP contribution in [0.1, 0.15) is 11.5 Å². The smallest absolute Gasteiger partial charge is 0.159 e. The fourth-order valence-corrected chi connectivity index (χ4v) is 1.38. The van der Waals surface area contributed by atoms with Gasteiger partial charge < -0.3 is 5.73 Å². The maximum absolute atomic E-state index is 5.90. The lowest BCUT2D eigenvalue weighted by Gasteiger charge is -2.02. The van der Waals surface area contributed by atoms with Gasteiger partial charge >= 0.3 is 0 Å². The van der Waals surface area contributed by atoms with Crippen LogP contribution in [-0.4, -0.2) is 19.7 Å². The number of nitrogens with zero attached hydrogens (tertiary/aromatic N) is 4. The van der Waals surface area contributed by atoms with Gasteiger partial charge in [-0.3, -0.25) is 0 Å². The summed E-state index contributed by atoms with van der Waals surface area (Å²) in [4.78, 5) is 8.19. The van der Waals surface area contributed by atoms with E-state index in [4.69, 9.17) is 17.3 Å². The molecule has 15 heavy (non-hydrogen) atoms. The van der Waals surface area contributed by atoms with Gasteiger partial charge in [-0.15, -0.1) is 0 Å². The molecule has 0 fully saturated rings. The highest BCUT2D eigenvalue weighted by Gasteiger charge is 2.06. The van der Waals surface area contributed by atoms with E-state index in [9.17, 15) is 0 Å². The predicted octanol–water partition coefficient (Wildman–Crippen LogP) is 1.51. The second kappa shape index (κ2) is 3.51. The third kappa shape index (κ3) is 1.92. The van der Waals surface area contributed by atoms with Crippen molar-refractivity contribution in [3.05, 3.63) is 28.8 Å². The van der Waals surface area contributed by atoms with Crippen molar-refractivity contribution in [1.82, 2.24) is 19.7 Å². The summed E-state index contributed by atoms with van der Waals surface area (Å²) in [7, 11) is 0. The summed E-state index contributed by atoms with van der Waals surface area (Å²) < 4.78 is 1.59. The molecule has 0 aliphatic rings. The van der Waals surface area contributed by atoms with Crippen molar-refractivity contribution in [2.45, 2.75) is 13.8 Å². The van der Waals surface area contributed by atoms with Crippen LogP contribution < -0.4 is 5.73 Å². The van der Waals surface area contributed by atoms with E-state index in [1.807, 2.05) is 6.92 Å². The number of hydrogen-bond donors (Lipinski definition) is 1. The van der Waals surface area contributed by atoms with Crippen LogP contribution in [0.3, 0.4) is 0 Å². The van der Waals surface area contributed by atoms with E-state index < -0.39 is 0 Å². The van der Waals surface area contributed by atoms with Crippen LogP contribution >= 0.6 is 11.6 Å². The largest absolute Gasteiger partial charge is 0.384 e. The topological polar surface area (TPSA) is 69.6 Å². The van der Waals surface area contributed by atoms with Crippen LogP contribution in [0.5, 0.6) is 0 Å². The number of anilines is 1. The van der Waals surface area contributed by atoms with Crippen molar-refractivity contribution in [2.75, 3.05) is 5.73 Å². The second-order valence-electron chi connectivity index (χ2n) is 3.21. The van der Waals surface area contributed by atoms with Crippen LogP contribution in [0, 0.1) is 13.8 Å². The first-order valence-corrected chi connectivity index (χ1v) is 4.77. The van der Waals surface area contributed by atoms with E-state index >= 15 is 0 Å². The van der Waals surface area contributed by atoms with Gasteiger partial charge in [-0.1, -0.05) is 11.6 Å². The molecule has 0 amide bonds. The summed E-state index contributed by atoms with van der Waals surface area (Å²) in [6, 6.07) is 1.65. The first kappa shape index (κ1) is 9.92. The van der Waals surface area contributed by atoms with Gasteiger partial charge in [0.1, 0.15) is 11.6 Å². The highest BCUT2D eigenvalue weighted by molar-refractivity contribution is 6.31. The molecule has 2 aromatic heterocycles. The molecule has 0 atom stereocenters. The third-order valence-corrected chi connectivity index (χ3v) is 2.29. The molecule has 2 heterocycles. The van der Waals surface area contributed by atoms with Crippen LogP contribution in [0.4, 0.5) is 5.82 Å². The molecule has 2 aromatic rings. The van der Waals surface area contributed by atoms with Crippen molar-refractivity contribution in [3.63, 3.8) is 0 Å². The first-order chi connectivity index (χ1) is 7.06. The van der Waals surface area contributed by atoms with Crippen molar-refractivity contribution in [3.8, 4) is 5.82 Å². The zero-order chi connectivity index (χ0) is 11.0. The quantitative estimate of drug-likeness (QED) is 0.796. The number of nitrogens with two attached hydrogens (primary N) is 1. The Morgan fingerprint density at radius 3 is 2.60 bits per heavy atom. The minimum atomic E-state index is 0.418. The molecule has 6 heteroatoms. The molecule has 0 unspecified atom stereocenters. The first-order valence-electron chi connectivity index (χ1n) is 4.39. The molecule has 78 valence electrons. The van der Waals surface area contributed by atoms with Crippen LogP contribution in [0.15, 0.2) is 12.3 Å². The van der Waals surface area contributed by atoms with Gasteiger partial charge in [0.05, 0.1) is 16.9 Å². The van der Waals surface area contributed by atoms with Crippen LogP contribution in [0.25, 0.3) is 5.82 Å². The Labute approximate surface area is 91.9 Å². The van der Waals surface area contributed by atoms with Gasteiger partial charge in [-0.05, 0) is 13.8 Å². The Bertz CT molecular complexity index is 465. The molecular weight excluding hydrogens is 214 g/mol. The van der Waals surface area contributed by atoms with Crippen LogP contribution in [0.2, 0.25) is 5.02 Å². The maximum atomic E-state index is 5.90. The Morgan fingerprint density at radius 1 is 1.33 bits per heavy atom. The van der Waals surface area contributed by atoms with Gasteiger partial charge in [-0.25, -0.2) is 14.6 Å². The monoisotopic (exact) mass is 223 g/mol. The summed E-state index contributed by atoms with van der Waals surface area (Å²) in [5, 5.41) is 4.80. The molecule has 2 rings (SSSR count). The van der Waals surface area contributed by atoms with E-state index in [1.54, 1.807) is 23.9 Å². The Kier molecular flexibility index (Phi) is 2.32. The number of aromatic nitrogens is 4. The lowest BCUT2D eigenvalue weighted by molar-refractivity contribution is 0.818. The van der Waals surface area contributed by atoms with E-state index in [-0.39, 0.29) is 0 Å². The zero-order valence-electron chi connectivity index (χ0n) is 8.40. The second-order valence-corrected chi connectivity index (χ2v) is 3.61. The number of nitrogen functional groups attached to an aromatic ring is 1. The molecule has 0 saturated heterocycles. The van der Waals surface area contributed by atoms with E-state index in [0.29, 0.717) is 22.5 Å². The molecule has 0 bridgehead atoms. The van der Waals surface area contributed by atoms with Crippen molar-refractivity contribution >= 4 is 17.4 Å². The van der Waals surface area contributed by atoms with E-state index in [1.165, 1.54) is 0 Å². The molecule has 0 aliphatic carbocycles. The molecule has 0 saturated carbocycles. The maximum Gasteiger partial charge on any atom is 0.159 e. The van der Waals surface area contributed by atoms with Gasteiger partial charge in [-0.2, -0.15) is 5.10 Å². The fraction of sp³-hybridized carbons (Fsp3) is 0.222. The van der Waals surface area contributed by atoms with Crippen molar-refractivity contribution in [1.29, 1.82) is 0 Å². The van der Waals surface area contributed by atoms with E-state index in [2.05, 4.69) is 15.1 Å². The Hall–Kier alpha value is -1.62. The number of halogens is 1. The van der Waals surface area contributed by atoms with Gasteiger partial charge in [0.15, 0.2) is 5.82 Å². The number of aryl methyl sites for hydroxylation is 2. The molecule has 0 aliphatic heterocycles. The predicted molar refractivity (Wildman–Crippen MR) is 58.1 cm³/mol. The van der Waals surface area contributed by atoms with Crippen LogP contribution in [-0.2, 0) is 0 Å². The summed E-state index contributed by atoms with van der Waals surface area (Å²) in [5.74, 6) is 1.64. The summed E-state index contributed by atoms with van der Waals surface area (Å²) >= 11 is 5.90. The number of hydrogen-bond acceptors (Lipinski definition) is 4. The molecule has 2 N–H and O–H groups in total. The summed E-state index contributed by atoms with van der Waals surface area (Å²) in [5.41, 5.74) is 6.37. The molecule has 0 spiro atoms. The summed E-state index contributed by atoms with van der Waals surface area (Å²) in [6.07, 6.45) is 1.69. The average Bonchev–Trinajstić information content (AvgIpc) is 2.45. The summed E-state index contributed by atoms with van der Waals surface area (Å²) in [6.45, 7) is 3.61. The SMILES string of the molecule is Cc1nc(N)cc(-n2cc(Cl)c(C)n2)n1. The van der Waals surface area contributed by atoms with E-state index in [0.717, 1.165) is 5.69 Å². The Morgan fingerprint density at radius 2 is 2.07 bits per heavy atom. The highest BCUT2D eigenvalue weighted by Crippen LogP contribution is 2.15. The van der Waals surface area contributed by atoms with Gasteiger partial charge in [0.25, 0.3) is 0 Å². The average molecular weight is 224 g/mol. The highest BCUT2D eigenvalue weighted by atomic mass is 35.5. The van der Waals surface area contributed by atoms with Gasteiger partial charge in [0.2, 0.25) is 0 Å². The lowest BCUT2D eigenvalue weighted by atomic mass is 10.5. The fourth-order valence-electron chi connectivity index (χ4n) is 1.25. The number of rotatable bonds is 1. The molecule has 0 radical (unpaired) electrons. The minimum Gasteiger partial charge on any atom is -0.384 e.